The molecule has 1 fully saturated rings. The molecule has 1 N–H and O–H groups in total. The minimum Gasteiger partial charge on any atom is -0.481 e. The van der Waals surface area contributed by atoms with Crippen molar-refractivity contribution in [3.8, 4) is 6.07 Å². The Morgan fingerprint density at radius 1 is 1.50 bits per heavy atom. The maximum absolute atomic E-state index is 11.0. The zero-order valence-corrected chi connectivity index (χ0v) is 11.6. The summed E-state index contributed by atoms with van der Waals surface area (Å²) in [5.74, 6) is -0.879. The van der Waals surface area contributed by atoms with Crippen LogP contribution in [-0.2, 0) is 4.79 Å². The highest BCUT2D eigenvalue weighted by molar-refractivity contribution is 5.71. The van der Waals surface area contributed by atoms with Crippen LogP contribution in [0.2, 0.25) is 0 Å². The molecule has 102 valence electrons. The fraction of sp³-hybridized carbons (Fsp3) is 0.857. The summed E-state index contributed by atoms with van der Waals surface area (Å²) >= 11 is 0. The van der Waals surface area contributed by atoms with Gasteiger partial charge in [0, 0.05) is 6.04 Å². The standard InChI is InChI=1S/C14H24N2O2/c1-11-12(13(17)18)6-9-16(11)8-5-4-7-14(2,3)10-15/h11-12H,4-9H2,1-3H3,(H,17,18). The Labute approximate surface area is 110 Å². The molecule has 1 saturated heterocycles. The van der Waals surface area contributed by atoms with E-state index in [4.69, 9.17) is 10.4 Å². The molecule has 2 unspecified atom stereocenters. The third kappa shape index (κ3) is 3.99. The van der Waals surface area contributed by atoms with Gasteiger partial charge in [0.25, 0.3) is 0 Å². The van der Waals surface area contributed by atoms with E-state index in [-0.39, 0.29) is 17.4 Å². The SMILES string of the molecule is CC1C(C(=O)O)CCN1CCCCC(C)(C)C#N. The van der Waals surface area contributed by atoms with Gasteiger partial charge in [-0.2, -0.15) is 5.26 Å². The first-order chi connectivity index (χ1) is 8.37. The van der Waals surface area contributed by atoms with Crippen LogP contribution in [0.5, 0.6) is 0 Å². The molecule has 1 heterocycles. The molecule has 0 aromatic rings. The molecule has 0 radical (unpaired) electrons. The maximum Gasteiger partial charge on any atom is 0.308 e. The van der Waals surface area contributed by atoms with Crippen LogP contribution in [0.3, 0.4) is 0 Å². The summed E-state index contributed by atoms with van der Waals surface area (Å²) in [6.07, 6.45) is 3.75. The summed E-state index contributed by atoms with van der Waals surface area (Å²) in [5.41, 5.74) is -0.236. The van der Waals surface area contributed by atoms with Crippen LogP contribution in [0.25, 0.3) is 0 Å². The molecule has 4 nitrogen and oxygen atoms in total. The number of unbranched alkanes of at least 4 members (excludes halogenated alkanes) is 1. The number of aliphatic carboxylic acids is 1. The van der Waals surface area contributed by atoms with E-state index < -0.39 is 5.97 Å². The molecule has 1 aliphatic rings. The van der Waals surface area contributed by atoms with Crippen molar-refractivity contribution in [3.05, 3.63) is 0 Å². The lowest BCUT2D eigenvalue weighted by Gasteiger charge is -2.23. The van der Waals surface area contributed by atoms with Crippen LogP contribution in [0.4, 0.5) is 0 Å². The van der Waals surface area contributed by atoms with E-state index in [9.17, 15) is 4.79 Å². The molecule has 0 aromatic heterocycles. The molecular formula is C14H24N2O2. The fourth-order valence-electron chi connectivity index (χ4n) is 2.59. The molecule has 0 saturated carbocycles. The zero-order valence-electron chi connectivity index (χ0n) is 11.6. The fourth-order valence-corrected chi connectivity index (χ4v) is 2.59. The minimum atomic E-state index is -0.671. The Hall–Kier alpha value is -1.08. The highest BCUT2D eigenvalue weighted by Gasteiger charge is 2.34. The van der Waals surface area contributed by atoms with Gasteiger partial charge in [-0.3, -0.25) is 9.69 Å². The summed E-state index contributed by atoms with van der Waals surface area (Å²) in [7, 11) is 0. The van der Waals surface area contributed by atoms with Crippen LogP contribution >= 0.6 is 0 Å². The first-order valence-electron chi connectivity index (χ1n) is 6.75. The van der Waals surface area contributed by atoms with E-state index in [1.165, 1.54) is 0 Å². The lowest BCUT2D eigenvalue weighted by Crippen LogP contribution is -2.33. The van der Waals surface area contributed by atoms with Crippen molar-refractivity contribution in [2.24, 2.45) is 11.3 Å². The van der Waals surface area contributed by atoms with Crippen molar-refractivity contribution < 1.29 is 9.90 Å². The number of rotatable bonds is 6. The molecule has 0 spiro atoms. The van der Waals surface area contributed by atoms with Crippen LogP contribution in [0.1, 0.15) is 46.5 Å². The van der Waals surface area contributed by atoms with Crippen molar-refractivity contribution in [2.45, 2.75) is 52.5 Å². The Balaban J connectivity index is 2.26. The molecule has 0 aliphatic carbocycles. The van der Waals surface area contributed by atoms with Gasteiger partial charge in [-0.15, -0.1) is 0 Å². The first-order valence-corrected chi connectivity index (χ1v) is 6.75. The van der Waals surface area contributed by atoms with E-state index in [0.29, 0.717) is 0 Å². The summed E-state index contributed by atoms with van der Waals surface area (Å²) in [6.45, 7) is 7.77. The van der Waals surface area contributed by atoms with E-state index in [0.717, 1.165) is 38.8 Å². The van der Waals surface area contributed by atoms with Gasteiger partial charge in [-0.1, -0.05) is 6.42 Å². The van der Waals surface area contributed by atoms with E-state index in [2.05, 4.69) is 11.0 Å². The highest BCUT2D eigenvalue weighted by Crippen LogP contribution is 2.26. The van der Waals surface area contributed by atoms with Gasteiger partial charge in [-0.25, -0.2) is 0 Å². The smallest absolute Gasteiger partial charge is 0.308 e. The molecule has 0 amide bonds. The van der Waals surface area contributed by atoms with Crippen LogP contribution in [-0.4, -0.2) is 35.1 Å². The molecule has 0 aromatic carbocycles. The highest BCUT2D eigenvalue weighted by atomic mass is 16.4. The van der Waals surface area contributed by atoms with E-state index >= 15 is 0 Å². The second-order valence-electron chi connectivity index (χ2n) is 5.96. The number of hydrogen-bond acceptors (Lipinski definition) is 3. The largest absolute Gasteiger partial charge is 0.481 e. The van der Waals surface area contributed by atoms with Crippen molar-refractivity contribution in [2.75, 3.05) is 13.1 Å². The number of carboxylic acid groups (broad SMARTS) is 1. The molecular weight excluding hydrogens is 228 g/mol. The molecule has 1 aliphatic heterocycles. The molecule has 1 rings (SSSR count). The second-order valence-corrected chi connectivity index (χ2v) is 5.96. The topological polar surface area (TPSA) is 64.3 Å². The zero-order chi connectivity index (χ0) is 13.8. The molecule has 2 atom stereocenters. The number of carboxylic acids is 1. The molecule has 4 heteroatoms. The Kier molecular flexibility index (Phi) is 5.15. The average Bonchev–Trinajstić information content (AvgIpc) is 2.66. The monoisotopic (exact) mass is 252 g/mol. The summed E-state index contributed by atoms with van der Waals surface area (Å²) < 4.78 is 0. The number of carbonyl (C=O) groups is 1. The quantitative estimate of drug-likeness (QED) is 0.738. The summed E-state index contributed by atoms with van der Waals surface area (Å²) in [5, 5.41) is 18.0. The van der Waals surface area contributed by atoms with Crippen molar-refractivity contribution >= 4 is 5.97 Å². The van der Waals surface area contributed by atoms with Gasteiger partial charge in [0.05, 0.1) is 17.4 Å². The third-order valence-corrected chi connectivity index (χ3v) is 4.00. The predicted octanol–water partition coefficient (Wildman–Crippen LogP) is 2.50. The normalized spacial score (nSPS) is 25.0. The van der Waals surface area contributed by atoms with E-state index in [1.54, 1.807) is 0 Å². The maximum atomic E-state index is 11.0. The Bertz CT molecular complexity index is 333. The van der Waals surface area contributed by atoms with Crippen molar-refractivity contribution in [1.82, 2.24) is 4.90 Å². The van der Waals surface area contributed by atoms with Crippen LogP contribution in [0, 0.1) is 22.7 Å². The Morgan fingerprint density at radius 2 is 2.17 bits per heavy atom. The van der Waals surface area contributed by atoms with Gasteiger partial charge < -0.3 is 5.11 Å². The van der Waals surface area contributed by atoms with Gasteiger partial charge in [0.1, 0.15) is 0 Å². The minimum absolute atomic E-state index is 0.145. The van der Waals surface area contributed by atoms with Crippen LogP contribution < -0.4 is 0 Å². The number of nitrogens with zero attached hydrogens (tertiary/aromatic N) is 2. The lowest BCUT2D eigenvalue weighted by atomic mass is 9.89. The average molecular weight is 252 g/mol. The molecule has 0 bridgehead atoms. The van der Waals surface area contributed by atoms with Gasteiger partial charge in [0.15, 0.2) is 0 Å². The van der Waals surface area contributed by atoms with Crippen LogP contribution in [0.15, 0.2) is 0 Å². The summed E-state index contributed by atoms with van der Waals surface area (Å²) in [4.78, 5) is 13.3. The molecule has 18 heavy (non-hydrogen) atoms. The van der Waals surface area contributed by atoms with E-state index in [1.807, 2.05) is 20.8 Å². The lowest BCUT2D eigenvalue weighted by molar-refractivity contribution is -0.142. The van der Waals surface area contributed by atoms with Gasteiger partial charge in [0.2, 0.25) is 0 Å². The predicted molar refractivity (Wildman–Crippen MR) is 70.0 cm³/mol. The second kappa shape index (κ2) is 6.19. The number of nitriles is 1. The number of likely N-dealkylation sites (tertiary alicyclic amines) is 1. The summed E-state index contributed by atoms with van der Waals surface area (Å²) in [6, 6.07) is 2.45. The van der Waals surface area contributed by atoms with Gasteiger partial charge >= 0.3 is 5.97 Å². The third-order valence-electron chi connectivity index (χ3n) is 4.00. The van der Waals surface area contributed by atoms with Gasteiger partial charge in [-0.05, 0) is 53.1 Å². The van der Waals surface area contributed by atoms with Crippen molar-refractivity contribution in [1.29, 1.82) is 5.26 Å². The number of hydrogen-bond donors (Lipinski definition) is 1. The first kappa shape index (κ1) is 15.0. The van der Waals surface area contributed by atoms with Crippen molar-refractivity contribution in [3.63, 3.8) is 0 Å². The Morgan fingerprint density at radius 3 is 2.67 bits per heavy atom.